The van der Waals surface area contributed by atoms with Gasteiger partial charge in [0.05, 0.1) is 12.9 Å². The molecule has 1 saturated heterocycles. The Morgan fingerprint density at radius 2 is 2.26 bits per heavy atom. The number of amides is 1. The minimum Gasteiger partial charge on any atom is -0.366 e. The molecular formula is C11H23N3O4S. The van der Waals surface area contributed by atoms with Crippen molar-refractivity contribution in [1.82, 2.24) is 14.9 Å². The fraction of sp³-hybridized carbons (Fsp3) is 0.909. The number of carbonyl (C=O) groups is 1. The first-order valence-electron chi connectivity index (χ1n) is 6.50. The lowest BCUT2D eigenvalue weighted by Gasteiger charge is -2.23. The number of carbonyl (C=O) groups excluding carboxylic acids is 1. The van der Waals surface area contributed by atoms with Gasteiger partial charge in [-0.05, 0) is 6.42 Å². The molecule has 1 fully saturated rings. The van der Waals surface area contributed by atoms with E-state index in [-0.39, 0.29) is 5.91 Å². The molecule has 0 aromatic rings. The fourth-order valence-corrected chi connectivity index (χ4v) is 2.80. The van der Waals surface area contributed by atoms with E-state index < -0.39 is 16.1 Å². The average molecular weight is 293 g/mol. The van der Waals surface area contributed by atoms with Crippen molar-refractivity contribution in [2.24, 2.45) is 0 Å². The molecule has 0 saturated carbocycles. The lowest BCUT2D eigenvalue weighted by Crippen LogP contribution is -2.48. The molecular weight excluding hydrogens is 270 g/mol. The van der Waals surface area contributed by atoms with Crippen LogP contribution >= 0.6 is 0 Å². The lowest BCUT2D eigenvalue weighted by atomic mass is 10.3. The zero-order valence-electron chi connectivity index (χ0n) is 11.5. The van der Waals surface area contributed by atoms with E-state index in [0.717, 1.165) is 6.54 Å². The highest BCUT2D eigenvalue weighted by Gasteiger charge is 2.21. The van der Waals surface area contributed by atoms with Crippen LogP contribution in [0.1, 0.15) is 13.3 Å². The van der Waals surface area contributed by atoms with Crippen molar-refractivity contribution < 1.29 is 17.9 Å². The van der Waals surface area contributed by atoms with E-state index in [1.165, 1.54) is 10.6 Å². The molecule has 1 amide bonds. The van der Waals surface area contributed by atoms with Crippen LogP contribution in [0.3, 0.4) is 0 Å². The van der Waals surface area contributed by atoms with E-state index in [1.54, 1.807) is 6.92 Å². The maximum Gasteiger partial charge on any atom is 0.250 e. The van der Waals surface area contributed by atoms with Gasteiger partial charge in [-0.3, -0.25) is 4.79 Å². The fourth-order valence-electron chi connectivity index (χ4n) is 1.87. The summed E-state index contributed by atoms with van der Waals surface area (Å²) in [6.45, 7) is 4.93. The third-order valence-corrected chi connectivity index (χ3v) is 4.30. The normalized spacial score (nSPS) is 20.5. The highest BCUT2D eigenvalue weighted by molar-refractivity contribution is 7.88. The van der Waals surface area contributed by atoms with Gasteiger partial charge in [-0.1, -0.05) is 6.92 Å². The summed E-state index contributed by atoms with van der Waals surface area (Å²) in [7, 11) is -3.15. The number of rotatable bonds is 7. The summed E-state index contributed by atoms with van der Waals surface area (Å²) in [5, 5.41) is 5.84. The molecule has 1 unspecified atom stereocenters. The van der Waals surface area contributed by atoms with Crippen molar-refractivity contribution in [1.29, 1.82) is 0 Å². The van der Waals surface area contributed by atoms with Gasteiger partial charge in [-0.15, -0.1) is 0 Å². The Hall–Kier alpha value is -0.700. The summed E-state index contributed by atoms with van der Waals surface area (Å²) in [6.07, 6.45) is 1.34. The largest absolute Gasteiger partial charge is 0.366 e. The predicted octanol–water partition coefficient (Wildman–Crippen LogP) is -1.24. The van der Waals surface area contributed by atoms with Gasteiger partial charge in [0, 0.05) is 32.7 Å². The minimum absolute atomic E-state index is 0.144. The van der Waals surface area contributed by atoms with Crippen LogP contribution in [-0.4, -0.2) is 70.3 Å². The van der Waals surface area contributed by atoms with Crippen LogP contribution in [-0.2, 0) is 19.6 Å². The van der Waals surface area contributed by atoms with Crippen LogP contribution in [0.5, 0.6) is 0 Å². The molecule has 112 valence electrons. The number of morpholine rings is 1. The Morgan fingerprint density at radius 3 is 2.79 bits per heavy atom. The highest BCUT2D eigenvalue weighted by atomic mass is 32.2. The van der Waals surface area contributed by atoms with E-state index in [0.29, 0.717) is 39.2 Å². The summed E-state index contributed by atoms with van der Waals surface area (Å²) in [6, 6.07) is 0. The Bertz CT molecular complexity index is 379. The summed E-state index contributed by atoms with van der Waals surface area (Å²) in [5.74, 6) is -0.144. The van der Waals surface area contributed by atoms with Crippen LogP contribution in [0.25, 0.3) is 0 Å². The van der Waals surface area contributed by atoms with E-state index in [9.17, 15) is 13.2 Å². The highest BCUT2D eigenvalue weighted by Crippen LogP contribution is 1.99. The standard InChI is InChI=1S/C11H23N3O4S/c1-3-14(19(2,16)17)7-4-5-13-11(15)10-9-12-6-8-18-10/h10,12H,3-9H2,1-2H3,(H,13,15). The zero-order chi connectivity index (χ0) is 14.3. The van der Waals surface area contributed by atoms with Gasteiger partial charge < -0.3 is 15.4 Å². The first-order valence-corrected chi connectivity index (χ1v) is 8.35. The number of nitrogens with one attached hydrogen (secondary N) is 2. The van der Waals surface area contributed by atoms with Crippen LogP contribution in [0.4, 0.5) is 0 Å². The van der Waals surface area contributed by atoms with Gasteiger partial charge in [-0.2, -0.15) is 0 Å². The van der Waals surface area contributed by atoms with E-state index in [4.69, 9.17) is 4.74 Å². The van der Waals surface area contributed by atoms with Crippen molar-refractivity contribution in [2.75, 3.05) is 45.6 Å². The molecule has 1 aliphatic heterocycles. The quantitative estimate of drug-likeness (QED) is 0.574. The minimum atomic E-state index is -3.15. The first kappa shape index (κ1) is 16.4. The molecule has 1 heterocycles. The van der Waals surface area contributed by atoms with Gasteiger partial charge in [0.2, 0.25) is 15.9 Å². The van der Waals surface area contributed by atoms with Crippen LogP contribution in [0.15, 0.2) is 0 Å². The summed E-state index contributed by atoms with van der Waals surface area (Å²) in [4.78, 5) is 11.7. The Morgan fingerprint density at radius 1 is 1.53 bits per heavy atom. The van der Waals surface area contributed by atoms with E-state index in [1.807, 2.05) is 0 Å². The summed E-state index contributed by atoms with van der Waals surface area (Å²) >= 11 is 0. The number of nitrogens with zero attached hydrogens (tertiary/aromatic N) is 1. The molecule has 7 nitrogen and oxygen atoms in total. The molecule has 1 atom stereocenters. The van der Waals surface area contributed by atoms with Crippen molar-refractivity contribution in [3.8, 4) is 0 Å². The predicted molar refractivity (Wildman–Crippen MR) is 72.3 cm³/mol. The van der Waals surface area contributed by atoms with Crippen molar-refractivity contribution in [2.45, 2.75) is 19.4 Å². The number of ether oxygens (including phenoxy) is 1. The third-order valence-electron chi connectivity index (χ3n) is 2.93. The molecule has 0 spiro atoms. The molecule has 0 aromatic heterocycles. The molecule has 0 bridgehead atoms. The molecule has 19 heavy (non-hydrogen) atoms. The monoisotopic (exact) mass is 293 g/mol. The zero-order valence-corrected chi connectivity index (χ0v) is 12.3. The maximum atomic E-state index is 11.7. The maximum absolute atomic E-state index is 11.7. The van der Waals surface area contributed by atoms with Gasteiger partial charge >= 0.3 is 0 Å². The Kier molecular flexibility index (Phi) is 6.70. The van der Waals surface area contributed by atoms with Crippen LogP contribution in [0, 0.1) is 0 Å². The van der Waals surface area contributed by atoms with Gasteiger partial charge in [0.25, 0.3) is 0 Å². The van der Waals surface area contributed by atoms with Gasteiger partial charge in [0.1, 0.15) is 6.10 Å². The summed E-state index contributed by atoms with van der Waals surface area (Å²) in [5.41, 5.74) is 0. The van der Waals surface area contributed by atoms with Crippen molar-refractivity contribution >= 4 is 15.9 Å². The molecule has 1 aliphatic rings. The molecule has 8 heteroatoms. The molecule has 1 rings (SSSR count). The van der Waals surface area contributed by atoms with Crippen molar-refractivity contribution in [3.05, 3.63) is 0 Å². The number of hydrogen-bond donors (Lipinski definition) is 2. The molecule has 0 aliphatic carbocycles. The third kappa shape index (κ3) is 5.85. The first-order chi connectivity index (χ1) is 8.95. The van der Waals surface area contributed by atoms with Gasteiger partial charge in [-0.25, -0.2) is 12.7 Å². The van der Waals surface area contributed by atoms with E-state index in [2.05, 4.69) is 10.6 Å². The lowest BCUT2D eigenvalue weighted by molar-refractivity contribution is -0.134. The second-order valence-corrected chi connectivity index (χ2v) is 6.45. The smallest absolute Gasteiger partial charge is 0.250 e. The molecule has 0 radical (unpaired) electrons. The molecule has 0 aromatic carbocycles. The second-order valence-electron chi connectivity index (χ2n) is 4.46. The molecule has 2 N–H and O–H groups in total. The van der Waals surface area contributed by atoms with E-state index >= 15 is 0 Å². The number of sulfonamides is 1. The van der Waals surface area contributed by atoms with Crippen LogP contribution in [0.2, 0.25) is 0 Å². The van der Waals surface area contributed by atoms with Crippen molar-refractivity contribution in [3.63, 3.8) is 0 Å². The second kappa shape index (κ2) is 7.78. The Labute approximate surface area is 114 Å². The average Bonchev–Trinajstić information content (AvgIpc) is 2.38. The van der Waals surface area contributed by atoms with Gasteiger partial charge in [0.15, 0.2) is 0 Å². The summed E-state index contributed by atoms with van der Waals surface area (Å²) < 4.78 is 29.4. The Balaban J connectivity index is 2.21. The number of hydrogen-bond acceptors (Lipinski definition) is 5. The topological polar surface area (TPSA) is 87.7 Å². The SMILES string of the molecule is CCN(CCCNC(=O)C1CNCCO1)S(C)(=O)=O. The van der Waals surface area contributed by atoms with Crippen LogP contribution < -0.4 is 10.6 Å².